The first-order chi connectivity index (χ1) is 12.8. The molecule has 4 aromatic carbocycles. The zero-order valence-corrected chi connectivity index (χ0v) is 16.5. The lowest BCUT2D eigenvalue weighted by atomic mass is 10.0. The van der Waals surface area contributed by atoms with Gasteiger partial charge in [0.2, 0.25) is 0 Å². The van der Waals surface area contributed by atoms with E-state index in [1.165, 1.54) is 32.7 Å². The quantitative estimate of drug-likeness (QED) is 0.348. The van der Waals surface area contributed by atoms with Gasteiger partial charge in [0.25, 0.3) is 0 Å². The van der Waals surface area contributed by atoms with Gasteiger partial charge in [0.15, 0.2) is 0 Å². The van der Waals surface area contributed by atoms with E-state index in [2.05, 4.69) is 98.8 Å². The molecule has 134 valence electrons. The van der Waals surface area contributed by atoms with Crippen LogP contribution in [0.3, 0.4) is 0 Å². The smallest absolute Gasteiger partial charge is 0.0152 e. The van der Waals surface area contributed by atoms with Crippen LogP contribution in [0.5, 0.6) is 0 Å². The molecule has 0 aromatic heterocycles. The van der Waals surface area contributed by atoms with E-state index in [0.29, 0.717) is 0 Å². The zero-order valence-electron chi connectivity index (χ0n) is 16.5. The molecule has 0 N–H and O–H groups in total. The van der Waals surface area contributed by atoms with Crippen molar-refractivity contribution in [3.8, 4) is 0 Å². The largest absolute Gasteiger partial charge is 0.0683 e. The second kappa shape index (κ2) is 10.4. The van der Waals surface area contributed by atoms with Crippen molar-refractivity contribution >= 4 is 21.5 Å². The van der Waals surface area contributed by atoms with Crippen LogP contribution in [0.4, 0.5) is 0 Å². The van der Waals surface area contributed by atoms with Crippen molar-refractivity contribution in [3.05, 3.63) is 96.1 Å². The Kier molecular flexibility index (Phi) is 7.89. The molecule has 0 saturated carbocycles. The maximum absolute atomic E-state index is 2.26. The fraction of sp³-hybridized carbons (Fsp3) is 0.231. The monoisotopic (exact) mass is 342 g/mol. The molecule has 0 aliphatic carbocycles. The summed E-state index contributed by atoms with van der Waals surface area (Å²) in [6, 6.07) is 30.1. The van der Waals surface area contributed by atoms with Crippen LogP contribution in [0.25, 0.3) is 21.5 Å². The molecule has 0 unspecified atom stereocenters. The summed E-state index contributed by atoms with van der Waals surface area (Å²) in [4.78, 5) is 0. The van der Waals surface area contributed by atoms with E-state index in [9.17, 15) is 0 Å². The number of rotatable bonds is 2. The summed E-state index contributed by atoms with van der Waals surface area (Å²) in [7, 11) is 0. The molecule has 0 fully saturated rings. The Bertz CT molecular complexity index is 923. The molecule has 4 rings (SSSR count). The normalized spacial score (nSPS) is 9.85. The van der Waals surface area contributed by atoms with Crippen molar-refractivity contribution in [3.63, 3.8) is 0 Å². The van der Waals surface area contributed by atoms with Gasteiger partial charge in [-0.25, -0.2) is 0 Å². The third-order valence-electron chi connectivity index (χ3n) is 4.48. The summed E-state index contributed by atoms with van der Waals surface area (Å²) >= 11 is 0. The van der Waals surface area contributed by atoms with Gasteiger partial charge < -0.3 is 0 Å². The van der Waals surface area contributed by atoms with Gasteiger partial charge in [0.05, 0.1) is 0 Å². The van der Waals surface area contributed by atoms with E-state index in [-0.39, 0.29) is 0 Å². The molecule has 0 saturated heterocycles. The predicted octanol–water partition coefficient (Wildman–Crippen LogP) is 7.83. The van der Waals surface area contributed by atoms with E-state index < -0.39 is 0 Å². The lowest BCUT2D eigenvalue weighted by molar-refractivity contribution is 1.15. The molecule has 0 heterocycles. The first-order valence-corrected chi connectivity index (χ1v) is 9.76. The Morgan fingerprint density at radius 1 is 0.538 bits per heavy atom. The SMILES string of the molecule is CC.CCc1ccc2ccccc2c1.CCc1cccc2ccccc12. The molecule has 26 heavy (non-hydrogen) atoms. The highest BCUT2D eigenvalue weighted by Gasteiger charge is 1.95. The Labute approximate surface area is 158 Å². The minimum absolute atomic E-state index is 1.11. The summed E-state index contributed by atoms with van der Waals surface area (Å²) in [6.45, 7) is 8.38. The summed E-state index contributed by atoms with van der Waals surface area (Å²) < 4.78 is 0. The maximum atomic E-state index is 2.26. The first-order valence-electron chi connectivity index (χ1n) is 9.76. The van der Waals surface area contributed by atoms with Gasteiger partial charge >= 0.3 is 0 Å². The summed E-state index contributed by atoms with van der Waals surface area (Å²) in [5.74, 6) is 0. The molecule has 0 spiro atoms. The Hall–Kier alpha value is -2.60. The molecule has 4 aromatic rings. The van der Waals surface area contributed by atoms with Gasteiger partial charge in [0, 0.05) is 0 Å². The average Bonchev–Trinajstić information content (AvgIpc) is 2.74. The topological polar surface area (TPSA) is 0 Å². The van der Waals surface area contributed by atoms with Crippen LogP contribution >= 0.6 is 0 Å². The van der Waals surface area contributed by atoms with E-state index in [1.54, 1.807) is 0 Å². The molecular formula is C26H30. The third kappa shape index (κ3) is 4.95. The van der Waals surface area contributed by atoms with Crippen LogP contribution in [0, 0.1) is 0 Å². The fourth-order valence-corrected chi connectivity index (χ4v) is 3.06. The van der Waals surface area contributed by atoms with Crippen molar-refractivity contribution in [2.24, 2.45) is 0 Å². The molecule has 0 bridgehead atoms. The van der Waals surface area contributed by atoms with Gasteiger partial charge in [-0.3, -0.25) is 0 Å². The molecular weight excluding hydrogens is 312 g/mol. The second-order valence-corrected chi connectivity index (χ2v) is 6.03. The highest BCUT2D eigenvalue weighted by Crippen LogP contribution is 2.18. The van der Waals surface area contributed by atoms with Crippen LogP contribution in [0.2, 0.25) is 0 Å². The van der Waals surface area contributed by atoms with Crippen LogP contribution in [-0.2, 0) is 12.8 Å². The van der Waals surface area contributed by atoms with Crippen molar-refractivity contribution < 1.29 is 0 Å². The Morgan fingerprint density at radius 3 is 1.85 bits per heavy atom. The van der Waals surface area contributed by atoms with Crippen LogP contribution in [0.15, 0.2) is 84.9 Å². The van der Waals surface area contributed by atoms with E-state index in [4.69, 9.17) is 0 Å². The molecule has 0 aliphatic rings. The molecule has 0 nitrogen and oxygen atoms in total. The van der Waals surface area contributed by atoms with E-state index in [1.807, 2.05) is 13.8 Å². The fourth-order valence-electron chi connectivity index (χ4n) is 3.06. The molecule has 0 aliphatic heterocycles. The lowest BCUT2D eigenvalue weighted by Gasteiger charge is -2.02. The molecule has 0 radical (unpaired) electrons. The highest BCUT2D eigenvalue weighted by molar-refractivity contribution is 5.85. The number of benzene rings is 4. The maximum Gasteiger partial charge on any atom is -0.0152 e. The Morgan fingerprint density at radius 2 is 1.15 bits per heavy atom. The van der Waals surface area contributed by atoms with Crippen molar-refractivity contribution in [1.29, 1.82) is 0 Å². The minimum Gasteiger partial charge on any atom is -0.0683 e. The van der Waals surface area contributed by atoms with Gasteiger partial charge in [-0.2, -0.15) is 0 Å². The van der Waals surface area contributed by atoms with Crippen LogP contribution in [0.1, 0.15) is 38.8 Å². The number of aryl methyl sites for hydroxylation is 2. The van der Waals surface area contributed by atoms with Crippen molar-refractivity contribution in [2.75, 3.05) is 0 Å². The summed E-state index contributed by atoms with van der Waals surface area (Å²) in [5, 5.41) is 5.41. The van der Waals surface area contributed by atoms with E-state index >= 15 is 0 Å². The number of hydrogen-bond acceptors (Lipinski definition) is 0. The van der Waals surface area contributed by atoms with Gasteiger partial charge in [-0.15, -0.1) is 0 Å². The van der Waals surface area contributed by atoms with Crippen LogP contribution in [-0.4, -0.2) is 0 Å². The first kappa shape index (κ1) is 19.7. The minimum atomic E-state index is 1.11. The van der Waals surface area contributed by atoms with Gasteiger partial charge in [-0.1, -0.05) is 113 Å². The van der Waals surface area contributed by atoms with E-state index in [0.717, 1.165) is 12.8 Å². The third-order valence-corrected chi connectivity index (χ3v) is 4.48. The predicted molar refractivity (Wildman–Crippen MR) is 118 cm³/mol. The highest BCUT2D eigenvalue weighted by atomic mass is 14.0. The zero-order chi connectivity index (χ0) is 18.8. The lowest BCUT2D eigenvalue weighted by Crippen LogP contribution is -1.81. The average molecular weight is 343 g/mol. The standard InChI is InChI=1S/2C12H12.C2H6/c1-2-10-7-5-8-11-6-3-4-9-12(10)11;1-2-10-7-8-11-5-3-4-6-12(11)9-10;1-2/h2*3-9H,2H2,1H3;1-2H3. The Balaban J connectivity index is 0.000000171. The molecule has 0 heteroatoms. The van der Waals surface area contributed by atoms with Gasteiger partial charge in [-0.05, 0) is 45.5 Å². The number of fused-ring (bicyclic) bond motifs is 2. The summed E-state index contributed by atoms with van der Waals surface area (Å²) in [5.41, 5.74) is 2.85. The van der Waals surface area contributed by atoms with Crippen molar-refractivity contribution in [2.45, 2.75) is 40.5 Å². The number of hydrogen-bond donors (Lipinski definition) is 0. The van der Waals surface area contributed by atoms with Crippen LogP contribution < -0.4 is 0 Å². The second-order valence-electron chi connectivity index (χ2n) is 6.03. The molecule has 0 atom stereocenters. The van der Waals surface area contributed by atoms with Crippen molar-refractivity contribution in [1.82, 2.24) is 0 Å². The summed E-state index contributed by atoms with van der Waals surface area (Å²) in [6.07, 6.45) is 2.23. The molecule has 0 amide bonds. The van der Waals surface area contributed by atoms with Gasteiger partial charge in [0.1, 0.15) is 0 Å².